The molecule has 2 atom stereocenters. The summed E-state index contributed by atoms with van der Waals surface area (Å²) in [7, 11) is 0. The Morgan fingerprint density at radius 3 is 2.73 bits per heavy atom. The highest BCUT2D eigenvalue weighted by Crippen LogP contribution is 2.16. The predicted octanol–water partition coefficient (Wildman–Crippen LogP) is 0.464. The quantitative estimate of drug-likeness (QED) is 0.748. The molecule has 0 fully saturated rings. The molecule has 1 N–H and O–H groups in total. The van der Waals surface area contributed by atoms with Gasteiger partial charge in [-0.3, -0.25) is 14.9 Å². The van der Waals surface area contributed by atoms with E-state index in [1.54, 1.807) is 0 Å². The van der Waals surface area contributed by atoms with Crippen molar-refractivity contribution in [3.8, 4) is 0 Å². The zero-order chi connectivity index (χ0) is 11.4. The van der Waals surface area contributed by atoms with Gasteiger partial charge in [-0.15, -0.1) is 0 Å². The van der Waals surface area contributed by atoms with Crippen molar-refractivity contribution in [3.05, 3.63) is 0 Å². The van der Waals surface area contributed by atoms with Crippen molar-refractivity contribution >= 4 is 28.3 Å². The van der Waals surface area contributed by atoms with Crippen LogP contribution in [0.3, 0.4) is 0 Å². The van der Waals surface area contributed by atoms with Crippen LogP contribution in [-0.2, 0) is 14.4 Å². The molecule has 0 aromatic carbocycles. The monoisotopic (exact) mass is 232 g/mol. The van der Waals surface area contributed by atoms with Crippen molar-refractivity contribution in [2.45, 2.75) is 32.4 Å². The fourth-order valence-electron chi connectivity index (χ4n) is 1.33. The Kier molecular flexibility index (Phi) is 4.23. The molecule has 1 aliphatic heterocycles. The van der Waals surface area contributed by atoms with Gasteiger partial charge in [-0.1, -0.05) is 16.8 Å². The van der Waals surface area contributed by atoms with E-state index in [2.05, 4.69) is 10.5 Å². The predicted molar refractivity (Wildman–Crippen MR) is 55.9 cm³/mol. The van der Waals surface area contributed by atoms with Crippen molar-refractivity contribution in [2.24, 2.45) is 5.16 Å². The highest BCUT2D eigenvalue weighted by Gasteiger charge is 2.31. The van der Waals surface area contributed by atoms with Crippen molar-refractivity contribution in [2.75, 3.05) is 6.54 Å². The Balaban J connectivity index is 2.51. The normalized spacial score (nSPS) is 21.8. The van der Waals surface area contributed by atoms with E-state index in [9.17, 15) is 9.59 Å². The third-order valence-electron chi connectivity index (χ3n) is 2.04. The summed E-state index contributed by atoms with van der Waals surface area (Å²) < 4.78 is 0. The molecule has 1 heterocycles. The maximum absolute atomic E-state index is 11.3. The number of nitrogens with one attached hydrogen (secondary N) is 1. The van der Waals surface area contributed by atoms with Crippen LogP contribution in [0.5, 0.6) is 0 Å². The van der Waals surface area contributed by atoms with Crippen LogP contribution in [0.4, 0.5) is 0 Å². The molecular weight excluding hydrogens is 220 g/mol. The minimum absolute atomic E-state index is 0.0359. The zero-order valence-corrected chi connectivity index (χ0v) is 9.37. The second-order valence-electron chi connectivity index (χ2n) is 3.49. The number of hydrogen-bond acceptors (Lipinski definition) is 5. The molecule has 0 aliphatic carbocycles. The average molecular weight is 233 g/mol. The van der Waals surface area contributed by atoms with Gasteiger partial charge in [-0.2, -0.15) is 0 Å². The fourth-order valence-corrected chi connectivity index (χ4v) is 1.53. The molecule has 1 aliphatic rings. The highest BCUT2D eigenvalue weighted by atomic mass is 35.5. The summed E-state index contributed by atoms with van der Waals surface area (Å²) in [6.45, 7) is 3.03. The summed E-state index contributed by atoms with van der Waals surface area (Å²) in [5, 5.41) is 6.72. The van der Waals surface area contributed by atoms with Gasteiger partial charge in [0.05, 0.1) is 6.54 Å². The van der Waals surface area contributed by atoms with Crippen LogP contribution >= 0.6 is 11.6 Å². The molecule has 0 bridgehead atoms. The third kappa shape index (κ3) is 3.60. The second-order valence-corrected chi connectivity index (χ2v) is 3.92. The van der Waals surface area contributed by atoms with E-state index in [-0.39, 0.29) is 18.1 Å². The molecule has 0 saturated heterocycles. The van der Waals surface area contributed by atoms with Gasteiger partial charge in [0.1, 0.15) is 17.0 Å². The lowest BCUT2D eigenvalue weighted by Crippen LogP contribution is -2.46. The lowest BCUT2D eigenvalue weighted by atomic mass is 10.1. The maximum atomic E-state index is 11.3. The van der Waals surface area contributed by atoms with E-state index >= 15 is 0 Å². The van der Waals surface area contributed by atoms with Crippen LogP contribution in [-0.4, -0.2) is 35.4 Å². The summed E-state index contributed by atoms with van der Waals surface area (Å²) in [5.74, 6) is -0.130. The summed E-state index contributed by atoms with van der Waals surface area (Å²) in [6, 6.07) is -0.533. The van der Waals surface area contributed by atoms with E-state index in [4.69, 9.17) is 16.4 Å². The lowest BCUT2D eigenvalue weighted by molar-refractivity contribution is -0.123. The third-order valence-corrected chi connectivity index (χ3v) is 2.26. The smallest absolute Gasteiger partial charge is 0.156 e. The SMILES string of the molecule is CC(=O)CNC(C(C)=O)C1CC(Cl)=NO1. The molecule has 1 rings (SSSR count). The first kappa shape index (κ1) is 12.1. The molecule has 0 amide bonds. The number of nitrogens with zero attached hydrogens (tertiary/aromatic N) is 1. The first-order chi connectivity index (χ1) is 7.00. The number of halogens is 1. The van der Waals surface area contributed by atoms with E-state index in [1.165, 1.54) is 13.8 Å². The summed E-state index contributed by atoms with van der Waals surface area (Å²) in [4.78, 5) is 27.1. The molecule has 0 saturated carbocycles. The average Bonchev–Trinajstić information content (AvgIpc) is 2.51. The van der Waals surface area contributed by atoms with Crippen LogP contribution in [0.15, 0.2) is 5.16 Å². The molecule has 0 spiro atoms. The Bertz CT molecular complexity index is 304. The van der Waals surface area contributed by atoms with Gasteiger partial charge in [0.25, 0.3) is 0 Å². The van der Waals surface area contributed by atoms with E-state index in [1.807, 2.05) is 0 Å². The van der Waals surface area contributed by atoms with Gasteiger partial charge < -0.3 is 4.84 Å². The summed E-state index contributed by atoms with van der Waals surface area (Å²) in [6.07, 6.45) is -0.00850. The first-order valence-corrected chi connectivity index (χ1v) is 5.00. The Labute approximate surface area is 92.8 Å². The number of rotatable bonds is 5. The minimum atomic E-state index is -0.533. The van der Waals surface area contributed by atoms with Gasteiger partial charge in [0.15, 0.2) is 11.9 Å². The molecule has 5 nitrogen and oxygen atoms in total. The van der Waals surface area contributed by atoms with Crippen LogP contribution in [0.2, 0.25) is 0 Å². The number of Topliss-reactive ketones (excluding diaryl/α,β-unsaturated/α-hetero) is 2. The van der Waals surface area contributed by atoms with Crippen molar-refractivity contribution in [3.63, 3.8) is 0 Å². The Morgan fingerprint density at radius 1 is 1.67 bits per heavy atom. The summed E-state index contributed by atoms with van der Waals surface area (Å²) >= 11 is 5.64. The molecule has 0 aromatic heterocycles. The standard InChI is InChI=1S/C9H13ClN2O3/c1-5(13)4-11-9(6(2)14)7-3-8(10)12-15-7/h7,9,11H,3-4H2,1-2H3. The van der Waals surface area contributed by atoms with Crippen LogP contribution < -0.4 is 5.32 Å². The molecule has 84 valence electrons. The maximum Gasteiger partial charge on any atom is 0.156 e. The van der Waals surface area contributed by atoms with Gasteiger partial charge in [0, 0.05) is 6.42 Å². The second kappa shape index (κ2) is 5.23. The number of carbonyl (C=O) groups excluding carboxylic acids is 2. The lowest BCUT2D eigenvalue weighted by Gasteiger charge is -2.19. The number of ketones is 2. The molecular formula is C9H13ClN2O3. The van der Waals surface area contributed by atoms with Crippen LogP contribution in [0, 0.1) is 0 Å². The molecule has 15 heavy (non-hydrogen) atoms. The minimum Gasteiger partial charge on any atom is -0.389 e. The first-order valence-electron chi connectivity index (χ1n) is 4.62. The van der Waals surface area contributed by atoms with Gasteiger partial charge in [-0.05, 0) is 13.8 Å². The topological polar surface area (TPSA) is 67.8 Å². The summed E-state index contributed by atoms with van der Waals surface area (Å²) in [5.41, 5.74) is 0. The zero-order valence-electron chi connectivity index (χ0n) is 8.62. The number of carbonyl (C=O) groups is 2. The fraction of sp³-hybridized carbons (Fsp3) is 0.667. The Hall–Kier alpha value is -0.940. The van der Waals surface area contributed by atoms with E-state index in [0.29, 0.717) is 11.6 Å². The van der Waals surface area contributed by atoms with Crippen molar-refractivity contribution < 1.29 is 14.4 Å². The Morgan fingerprint density at radius 2 is 2.33 bits per heavy atom. The molecule has 0 aromatic rings. The van der Waals surface area contributed by atoms with Gasteiger partial charge in [-0.25, -0.2) is 0 Å². The largest absolute Gasteiger partial charge is 0.389 e. The molecule has 2 unspecified atom stereocenters. The van der Waals surface area contributed by atoms with Crippen LogP contribution in [0.25, 0.3) is 0 Å². The van der Waals surface area contributed by atoms with Crippen molar-refractivity contribution in [1.29, 1.82) is 0 Å². The van der Waals surface area contributed by atoms with Crippen molar-refractivity contribution in [1.82, 2.24) is 5.32 Å². The number of hydrogen-bond donors (Lipinski definition) is 1. The van der Waals surface area contributed by atoms with Gasteiger partial charge >= 0.3 is 0 Å². The van der Waals surface area contributed by atoms with E-state index in [0.717, 1.165) is 0 Å². The molecule has 6 heteroatoms. The highest BCUT2D eigenvalue weighted by molar-refractivity contribution is 6.65. The number of oxime groups is 1. The van der Waals surface area contributed by atoms with Gasteiger partial charge in [0.2, 0.25) is 0 Å². The van der Waals surface area contributed by atoms with E-state index < -0.39 is 12.1 Å². The van der Waals surface area contributed by atoms with Crippen LogP contribution in [0.1, 0.15) is 20.3 Å². The molecule has 0 radical (unpaired) electrons.